The van der Waals surface area contributed by atoms with E-state index in [2.05, 4.69) is 33.3 Å². The summed E-state index contributed by atoms with van der Waals surface area (Å²) in [6, 6.07) is 0. The van der Waals surface area contributed by atoms with Gasteiger partial charge in [-0.05, 0) is 42.8 Å². The molecule has 0 nitrogen and oxygen atoms in total. The molecule has 0 aliphatic carbocycles. The van der Waals surface area contributed by atoms with Gasteiger partial charge in [-0.1, -0.05) is 59.3 Å². The van der Waals surface area contributed by atoms with E-state index in [1.807, 2.05) is 0 Å². The molecule has 0 heterocycles. The second-order valence-electron chi connectivity index (χ2n) is 6.25. The van der Waals surface area contributed by atoms with E-state index < -0.39 is 0 Å². The maximum Gasteiger partial charge on any atom is -0.0233 e. The Labute approximate surface area is 112 Å². The van der Waals surface area contributed by atoms with Gasteiger partial charge in [-0.3, -0.25) is 0 Å². The fourth-order valence-corrected chi connectivity index (χ4v) is 4.67. The van der Waals surface area contributed by atoms with Gasteiger partial charge in [0.15, 0.2) is 0 Å². The second-order valence-corrected chi connectivity index (χ2v) is 10.6. The molecular weight excluding hydrogens is 224 g/mol. The fraction of sp³-hybridized carbons (Fsp3) is 1.00. The highest BCUT2D eigenvalue weighted by Crippen LogP contribution is 2.41. The lowest BCUT2D eigenvalue weighted by atomic mass is 10.0. The molecule has 0 fully saturated rings. The molecule has 1 unspecified atom stereocenters. The summed E-state index contributed by atoms with van der Waals surface area (Å²) in [5.74, 6) is 3.93. The van der Waals surface area contributed by atoms with Crippen molar-refractivity contribution in [3.8, 4) is 0 Å². The summed E-state index contributed by atoms with van der Waals surface area (Å²) in [7, 11) is -0.242. The van der Waals surface area contributed by atoms with Crippen LogP contribution in [-0.4, -0.2) is 24.0 Å². The molecule has 0 N–H and O–H groups in total. The average molecular weight is 261 g/mol. The molecule has 0 aromatic rings. The number of unbranched alkanes of at least 4 members (excludes halogenated alkanes) is 4. The van der Waals surface area contributed by atoms with Crippen molar-refractivity contribution in [3.63, 3.8) is 0 Å². The Bertz CT molecular complexity index is 163. The van der Waals surface area contributed by atoms with Gasteiger partial charge in [0.05, 0.1) is 0 Å². The van der Waals surface area contributed by atoms with Crippen molar-refractivity contribution in [2.75, 3.05) is 24.0 Å². The zero-order valence-electron chi connectivity index (χ0n) is 13.1. The summed E-state index contributed by atoms with van der Waals surface area (Å²) in [6.45, 7) is 7.02. The maximum absolute atomic E-state index is 2.51. The highest BCUT2D eigenvalue weighted by atomic mass is 32.3. The van der Waals surface area contributed by atoms with Crippen LogP contribution < -0.4 is 0 Å². The van der Waals surface area contributed by atoms with Crippen LogP contribution in [0.3, 0.4) is 0 Å². The molecule has 0 aromatic heterocycles. The summed E-state index contributed by atoms with van der Waals surface area (Å²) >= 11 is 0. The molecule has 0 amide bonds. The normalized spacial score (nSPS) is 14.9. The van der Waals surface area contributed by atoms with Crippen molar-refractivity contribution in [2.24, 2.45) is 5.92 Å². The molecule has 0 saturated heterocycles. The number of hydrogen-bond donors (Lipinski definition) is 0. The zero-order chi connectivity index (χ0) is 13.1. The smallest absolute Gasteiger partial charge is 0.0233 e. The van der Waals surface area contributed by atoms with Crippen molar-refractivity contribution in [1.29, 1.82) is 0 Å². The van der Waals surface area contributed by atoms with Crippen LogP contribution in [0.2, 0.25) is 0 Å². The first-order chi connectivity index (χ1) is 8.02. The van der Waals surface area contributed by atoms with E-state index >= 15 is 0 Å². The maximum atomic E-state index is 2.51. The molecule has 1 atom stereocenters. The lowest BCUT2D eigenvalue weighted by Crippen LogP contribution is -2.05. The van der Waals surface area contributed by atoms with E-state index in [0.29, 0.717) is 0 Å². The summed E-state index contributed by atoms with van der Waals surface area (Å²) < 4.78 is 0. The van der Waals surface area contributed by atoms with Crippen molar-refractivity contribution in [2.45, 2.75) is 72.1 Å². The minimum absolute atomic E-state index is 0.242. The Morgan fingerprint density at radius 3 is 2.00 bits per heavy atom. The molecular formula is C16H36S. The highest BCUT2D eigenvalue weighted by molar-refractivity contribution is 8.32. The predicted octanol–water partition coefficient (Wildman–Crippen LogP) is 5.85. The Balaban J connectivity index is 3.29. The molecule has 0 spiro atoms. The fourth-order valence-electron chi connectivity index (χ4n) is 2.37. The van der Waals surface area contributed by atoms with Gasteiger partial charge in [0.25, 0.3) is 0 Å². The molecule has 0 bridgehead atoms. The molecule has 0 aromatic carbocycles. The summed E-state index contributed by atoms with van der Waals surface area (Å²) in [5, 5.41) is 0. The van der Waals surface area contributed by atoms with Crippen LogP contribution in [0, 0.1) is 5.92 Å². The molecule has 17 heavy (non-hydrogen) atoms. The topological polar surface area (TPSA) is 0 Å². The van der Waals surface area contributed by atoms with Crippen LogP contribution >= 0.6 is 10.0 Å². The van der Waals surface area contributed by atoms with Gasteiger partial charge in [0.1, 0.15) is 0 Å². The van der Waals surface area contributed by atoms with Crippen LogP contribution in [0.15, 0.2) is 0 Å². The molecule has 0 rings (SSSR count). The van der Waals surface area contributed by atoms with Gasteiger partial charge < -0.3 is 0 Å². The second kappa shape index (κ2) is 10.3. The van der Waals surface area contributed by atoms with Crippen LogP contribution in [0.5, 0.6) is 0 Å². The van der Waals surface area contributed by atoms with E-state index in [9.17, 15) is 0 Å². The lowest BCUT2D eigenvalue weighted by Gasteiger charge is -2.30. The van der Waals surface area contributed by atoms with Crippen LogP contribution in [-0.2, 0) is 0 Å². The predicted molar refractivity (Wildman–Crippen MR) is 86.6 cm³/mol. The number of hydrogen-bond acceptors (Lipinski definition) is 0. The molecule has 0 aliphatic heterocycles. The minimum Gasteiger partial charge on any atom is -0.247 e. The van der Waals surface area contributed by atoms with E-state index in [1.165, 1.54) is 62.9 Å². The van der Waals surface area contributed by atoms with E-state index in [-0.39, 0.29) is 10.0 Å². The molecule has 0 saturated carbocycles. The largest absolute Gasteiger partial charge is 0.247 e. The molecule has 0 radical (unpaired) electrons. The summed E-state index contributed by atoms with van der Waals surface area (Å²) in [6.07, 6.45) is 16.5. The highest BCUT2D eigenvalue weighted by Gasteiger charge is 2.09. The van der Waals surface area contributed by atoms with E-state index in [1.54, 1.807) is 0 Å². The lowest BCUT2D eigenvalue weighted by molar-refractivity contribution is 0.474. The first-order valence-corrected chi connectivity index (χ1v) is 10.5. The monoisotopic (exact) mass is 260 g/mol. The van der Waals surface area contributed by atoms with Crippen LogP contribution in [0.1, 0.15) is 72.1 Å². The quantitative estimate of drug-likeness (QED) is 0.409. The third-order valence-corrected chi connectivity index (χ3v) is 6.75. The van der Waals surface area contributed by atoms with Crippen molar-refractivity contribution in [1.82, 2.24) is 0 Å². The van der Waals surface area contributed by atoms with Crippen molar-refractivity contribution >= 4 is 10.0 Å². The standard InChI is InChI=1S/C16H36S/c1-6-14-17(4,5)15-12-10-8-9-11-13-16(3)7-2/h16H,6-15H2,1-5H3. The van der Waals surface area contributed by atoms with Gasteiger partial charge in [0, 0.05) is 0 Å². The van der Waals surface area contributed by atoms with Gasteiger partial charge in [-0.15, -0.1) is 0 Å². The molecule has 106 valence electrons. The van der Waals surface area contributed by atoms with E-state index in [4.69, 9.17) is 0 Å². The van der Waals surface area contributed by atoms with Crippen molar-refractivity contribution < 1.29 is 0 Å². The van der Waals surface area contributed by atoms with Gasteiger partial charge in [-0.2, -0.15) is 0 Å². The molecule has 0 aliphatic rings. The Kier molecular flexibility index (Phi) is 10.5. The van der Waals surface area contributed by atoms with Gasteiger partial charge in [-0.25, -0.2) is 10.0 Å². The van der Waals surface area contributed by atoms with Gasteiger partial charge in [0.2, 0.25) is 0 Å². The van der Waals surface area contributed by atoms with Crippen LogP contribution in [0.4, 0.5) is 0 Å². The minimum atomic E-state index is -0.242. The summed E-state index contributed by atoms with van der Waals surface area (Å²) in [5.41, 5.74) is 0. The summed E-state index contributed by atoms with van der Waals surface area (Å²) in [4.78, 5) is 0. The average Bonchev–Trinajstić information content (AvgIpc) is 2.27. The third-order valence-electron chi connectivity index (χ3n) is 3.85. The first kappa shape index (κ1) is 17.4. The third kappa shape index (κ3) is 11.2. The van der Waals surface area contributed by atoms with E-state index in [0.717, 1.165) is 5.92 Å². The van der Waals surface area contributed by atoms with Crippen molar-refractivity contribution in [3.05, 3.63) is 0 Å². The Morgan fingerprint density at radius 2 is 1.41 bits per heavy atom. The number of rotatable bonds is 11. The zero-order valence-corrected chi connectivity index (χ0v) is 13.9. The van der Waals surface area contributed by atoms with Gasteiger partial charge >= 0.3 is 0 Å². The Morgan fingerprint density at radius 1 is 0.824 bits per heavy atom. The SMILES string of the molecule is CCCS(C)(C)CCCCCCCC(C)CC. The first-order valence-electron chi connectivity index (χ1n) is 7.70. The Hall–Kier alpha value is 0.350. The van der Waals surface area contributed by atoms with Crippen LogP contribution in [0.25, 0.3) is 0 Å². The molecule has 1 heteroatoms.